The number of rotatable bonds is 6. The van der Waals surface area contributed by atoms with E-state index in [4.69, 9.17) is 16.3 Å². The quantitative estimate of drug-likeness (QED) is 0.585. The van der Waals surface area contributed by atoms with Crippen LogP contribution in [-0.2, 0) is 0 Å². The average Bonchev–Trinajstić information content (AvgIpc) is 3.04. The minimum Gasteiger partial charge on any atom is -0.492 e. The molecule has 1 heterocycles. The molecule has 2 aromatic carbocycles. The summed E-state index contributed by atoms with van der Waals surface area (Å²) in [6.45, 7) is 4.60. The monoisotopic (exact) mass is 393 g/mol. The first-order chi connectivity index (χ1) is 12.8. The van der Waals surface area contributed by atoms with Crippen LogP contribution in [0.3, 0.4) is 0 Å². The molecule has 3 aromatic rings. The van der Waals surface area contributed by atoms with E-state index in [9.17, 15) is 13.6 Å². The van der Waals surface area contributed by atoms with Crippen molar-refractivity contribution in [3.63, 3.8) is 0 Å². The molecule has 0 atom stereocenters. The van der Waals surface area contributed by atoms with Crippen molar-refractivity contribution in [1.29, 1.82) is 0 Å². The Morgan fingerprint density at radius 1 is 1.26 bits per heavy atom. The van der Waals surface area contributed by atoms with Crippen LogP contribution in [0, 0.1) is 5.92 Å². The minimum atomic E-state index is -2.70. The van der Waals surface area contributed by atoms with Crippen molar-refractivity contribution in [2.45, 2.75) is 20.3 Å². The number of H-pyrrole nitrogens is 1. The van der Waals surface area contributed by atoms with Gasteiger partial charge in [0.25, 0.3) is 12.3 Å². The Hall–Kier alpha value is -2.67. The third kappa shape index (κ3) is 4.54. The molecule has 0 aliphatic carbocycles. The van der Waals surface area contributed by atoms with E-state index in [1.807, 2.05) is 13.8 Å². The molecule has 0 aliphatic rings. The van der Waals surface area contributed by atoms with Crippen molar-refractivity contribution in [3.8, 4) is 5.75 Å². The Morgan fingerprint density at radius 3 is 2.70 bits per heavy atom. The number of hydrogen-bond acceptors (Lipinski definition) is 3. The highest BCUT2D eigenvalue weighted by Gasteiger charge is 2.15. The second kappa shape index (κ2) is 7.92. The molecule has 5 nitrogen and oxygen atoms in total. The summed E-state index contributed by atoms with van der Waals surface area (Å²) in [5.41, 5.74) is 1.55. The fraction of sp³-hybridized carbons (Fsp3) is 0.263. The lowest BCUT2D eigenvalue weighted by Crippen LogP contribution is -2.12. The molecule has 142 valence electrons. The molecular formula is C19H18ClF2N3O2. The topological polar surface area (TPSA) is 67.0 Å². The number of aromatic nitrogens is 2. The molecule has 3 rings (SSSR count). The van der Waals surface area contributed by atoms with E-state index >= 15 is 0 Å². The van der Waals surface area contributed by atoms with E-state index in [-0.39, 0.29) is 0 Å². The van der Waals surface area contributed by atoms with Gasteiger partial charge in [0, 0.05) is 11.3 Å². The highest BCUT2D eigenvalue weighted by Crippen LogP contribution is 2.28. The number of benzene rings is 2. The molecule has 1 amide bonds. The van der Waals surface area contributed by atoms with Gasteiger partial charge in [0.1, 0.15) is 5.75 Å². The first kappa shape index (κ1) is 19.1. The number of hydrogen-bond donors (Lipinski definition) is 2. The van der Waals surface area contributed by atoms with Crippen molar-refractivity contribution in [1.82, 2.24) is 9.97 Å². The van der Waals surface area contributed by atoms with Gasteiger partial charge in [-0.1, -0.05) is 25.4 Å². The van der Waals surface area contributed by atoms with Gasteiger partial charge >= 0.3 is 0 Å². The summed E-state index contributed by atoms with van der Waals surface area (Å²) >= 11 is 6.19. The Labute approximate surface area is 159 Å². The maximum atomic E-state index is 12.7. The maximum Gasteiger partial charge on any atom is 0.295 e. The summed E-state index contributed by atoms with van der Waals surface area (Å²) in [6.07, 6.45) is -2.70. The predicted molar refractivity (Wildman–Crippen MR) is 101 cm³/mol. The molecule has 0 saturated carbocycles. The van der Waals surface area contributed by atoms with Crippen LogP contribution in [0.15, 0.2) is 36.4 Å². The van der Waals surface area contributed by atoms with Crippen LogP contribution in [0.1, 0.15) is 36.5 Å². The SMILES string of the molecule is CC(C)COc1ccc(NC(=O)c2ccc3nc(C(F)F)[nH]c3c2)cc1Cl. The maximum absolute atomic E-state index is 12.7. The minimum absolute atomic E-state index is 0.309. The fourth-order valence-electron chi connectivity index (χ4n) is 2.43. The number of alkyl halides is 2. The zero-order valence-electron chi connectivity index (χ0n) is 14.7. The Morgan fingerprint density at radius 2 is 2.04 bits per heavy atom. The highest BCUT2D eigenvalue weighted by molar-refractivity contribution is 6.32. The van der Waals surface area contributed by atoms with E-state index in [1.54, 1.807) is 18.2 Å². The number of ether oxygens (including phenoxy) is 1. The average molecular weight is 394 g/mol. The predicted octanol–water partition coefficient (Wildman–Crippen LogP) is 5.44. The van der Waals surface area contributed by atoms with E-state index in [0.717, 1.165) is 0 Å². The third-order valence-corrected chi connectivity index (χ3v) is 4.03. The van der Waals surface area contributed by atoms with Crippen LogP contribution >= 0.6 is 11.6 Å². The van der Waals surface area contributed by atoms with Crippen molar-refractivity contribution >= 4 is 34.2 Å². The van der Waals surface area contributed by atoms with Gasteiger partial charge in [0.15, 0.2) is 5.82 Å². The Bertz CT molecular complexity index is 973. The summed E-state index contributed by atoms with van der Waals surface area (Å²) in [7, 11) is 0. The van der Waals surface area contributed by atoms with Gasteiger partial charge in [-0.2, -0.15) is 0 Å². The third-order valence-electron chi connectivity index (χ3n) is 3.73. The Kier molecular flexibility index (Phi) is 5.60. The number of fused-ring (bicyclic) bond motifs is 1. The van der Waals surface area contributed by atoms with Crippen LogP contribution in [-0.4, -0.2) is 22.5 Å². The van der Waals surface area contributed by atoms with E-state index in [2.05, 4.69) is 15.3 Å². The van der Waals surface area contributed by atoms with Crippen LogP contribution in [0.5, 0.6) is 5.75 Å². The van der Waals surface area contributed by atoms with E-state index in [1.165, 1.54) is 18.2 Å². The van der Waals surface area contributed by atoms with Gasteiger partial charge in [-0.25, -0.2) is 13.8 Å². The lowest BCUT2D eigenvalue weighted by Gasteiger charge is -2.12. The van der Waals surface area contributed by atoms with Gasteiger partial charge in [-0.15, -0.1) is 0 Å². The van der Waals surface area contributed by atoms with E-state index < -0.39 is 18.2 Å². The molecule has 0 bridgehead atoms. The van der Waals surface area contributed by atoms with Gasteiger partial charge in [0.2, 0.25) is 0 Å². The zero-order valence-corrected chi connectivity index (χ0v) is 15.5. The number of halogens is 3. The summed E-state index contributed by atoms with van der Waals surface area (Å²) in [5, 5.41) is 3.11. The van der Waals surface area contributed by atoms with Crippen molar-refractivity contribution in [3.05, 3.63) is 52.8 Å². The molecule has 0 aliphatic heterocycles. The first-order valence-corrected chi connectivity index (χ1v) is 8.73. The lowest BCUT2D eigenvalue weighted by atomic mass is 10.2. The summed E-state index contributed by atoms with van der Waals surface area (Å²) in [5.74, 6) is 0.0912. The molecule has 27 heavy (non-hydrogen) atoms. The number of nitrogens with zero attached hydrogens (tertiary/aromatic N) is 1. The molecule has 0 spiro atoms. The summed E-state index contributed by atoms with van der Waals surface area (Å²) < 4.78 is 31.0. The number of nitrogens with one attached hydrogen (secondary N) is 2. The number of imidazole rings is 1. The van der Waals surface area contributed by atoms with Crippen molar-refractivity contribution in [2.24, 2.45) is 5.92 Å². The van der Waals surface area contributed by atoms with Crippen molar-refractivity contribution in [2.75, 3.05) is 11.9 Å². The second-order valence-electron chi connectivity index (χ2n) is 6.46. The summed E-state index contributed by atoms with van der Waals surface area (Å²) in [4.78, 5) is 18.7. The molecule has 2 N–H and O–H groups in total. The van der Waals surface area contributed by atoms with Gasteiger partial charge in [-0.3, -0.25) is 4.79 Å². The lowest BCUT2D eigenvalue weighted by molar-refractivity contribution is 0.102. The fourth-order valence-corrected chi connectivity index (χ4v) is 2.66. The molecule has 0 fully saturated rings. The molecular weight excluding hydrogens is 376 g/mol. The molecule has 1 aromatic heterocycles. The highest BCUT2D eigenvalue weighted by atomic mass is 35.5. The van der Waals surface area contributed by atoms with Crippen LogP contribution < -0.4 is 10.1 Å². The van der Waals surface area contributed by atoms with Gasteiger partial charge in [0.05, 0.1) is 22.7 Å². The smallest absolute Gasteiger partial charge is 0.295 e. The molecule has 8 heteroatoms. The normalized spacial score (nSPS) is 11.4. The van der Waals surface area contributed by atoms with Gasteiger partial charge < -0.3 is 15.0 Å². The second-order valence-corrected chi connectivity index (χ2v) is 6.87. The Balaban J connectivity index is 1.74. The molecule has 0 saturated heterocycles. The number of carbonyl (C=O) groups excluding carboxylic acids is 1. The molecule has 0 unspecified atom stereocenters. The van der Waals surface area contributed by atoms with E-state index in [0.29, 0.717) is 45.6 Å². The van der Waals surface area contributed by atoms with Crippen LogP contribution in [0.25, 0.3) is 11.0 Å². The first-order valence-electron chi connectivity index (χ1n) is 8.35. The molecule has 0 radical (unpaired) electrons. The van der Waals surface area contributed by atoms with Crippen LogP contribution in [0.4, 0.5) is 14.5 Å². The van der Waals surface area contributed by atoms with Crippen LogP contribution in [0.2, 0.25) is 5.02 Å². The number of anilines is 1. The van der Waals surface area contributed by atoms with Crippen molar-refractivity contribution < 1.29 is 18.3 Å². The van der Waals surface area contributed by atoms with Gasteiger partial charge in [-0.05, 0) is 42.3 Å². The number of aromatic amines is 1. The zero-order chi connectivity index (χ0) is 19.6. The summed E-state index contributed by atoms with van der Waals surface area (Å²) in [6, 6.07) is 9.48. The number of carbonyl (C=O) groups is 1. The standard InChI is InChI=1S/C19H18ClF2N3O2/c1-10(2)9-27-16-6-4-12(8-13(16)20)23-19(26)11-3-5-14-15(7-11)25-18(24-14)17(21)22/h3-8,10,17H,9H2,1-2H3,(H,23,26)(H,24,25). The largest absolute Gasteiger partial charge is 0.492 e. The number of amides is 1.